The molecule has 2 rings (SSSR count). The molecular weight excluding hydrogens is 237 g/mol. The molecule has 2 atom stereocenters. The van der Waals surface area contributed by atoms with Gasteiger partial charge in [-0.1, -0.05) is 44.0 Å². The zero-order valence-corrected chi connectivity index (χ0v) is 11.9. The maximum absolute atomic E-state index is 9.42. The van der Waals surface area contributed by atoms with E-state index in [0.717, 1.165) is 18.0 Å². The van der Waals surface area contributed by atoms with Gasteiger partial charge in [0.15, 0.2) is 0 Å². The molecule has 104 valence electrons. The second-order valence-electron chi connectivity index (χ2n) is 5.82. The van der Waals surface area contributed by atoms with Gasteiger partial charge in [-0.15, -0.1) is 0 Å². The van der Waals surface area contributed by atoms with E-state index in [-0.39, 0.29) is 0 Å². The normalized spacial score (nSPS) is 23.6. The average Bonchev–Trinajstić information content (AvgIpc) is 2.39. The van der Waals surface area contributed by atoms with Crippen LogP contribution < -0.4 is 5.46 Å². The first-order chi connectivity index (χ1) is 9.09. The molecule has 1 aromatic carbocycles. The van der Waals surface area contributed by atoms with Gasteiger partial charge in [-0.2, -0.15) is 0 Å². The van der Waals surface area contributed by atoms with Crippen LogP contribution in [0.3, 0.4) is 0 Å². The Bertz CT molecular complexity index is 411. The van der Waals surface area contributed by atoms with Gasteiger partial charge in [0.05, 0.1) is 0 Å². The lowest BCUT2D eigenvalue weighted by molar-refractivity contribution is 0.133. The molecule has 1 saturated carbocycles. The van der Waals surface area contributed by atoms with Gasteiger partial charge in [0, 0.05) is 12.6 Å². The quantitative estimate of drug-likeness (QED) is 0.805. The molecule has 0 bridgehead atoms. The minimum absolute atomic E-state index is 0.609. The molecule has 19 heavy (non-hydrogen) atoms. The van der Waals surface area contributed by atoms with E-state index in [1.807, 2.05) is 18.2 Å². The van der Waals surface area contributed by atoms with E-state index < -0.39 is 7.12 Å². The summed E-state index contributed by atoms with van der Waals surface area (Å²) in [6.07, 6.45) is 5.21. The van der Waals surface area contributed by atoms with Crippen LogP contribution in [-0.2, 0) is 6.54 Å². The van der Waals surface area contributed by atoms with Crippen LogP contribution in [0.2, 0.25) is 0 Å². The highest BCUT2D eigenvalue weighted by molar-refractivity contribution is 6.59. The largest absolute Gasteiger partial charge is 0.488 e. The summed E-state index contributed by atoms with van der Waals surface area (Å²) < 4.78 is 0. The molecule has 0 aromatic heterocycles. The zero-order chi connectivity index (χ0) is 13.8. The van der Waals surface area contributed by atoms with Crippen molar-refractivity contribution in [3.63, 3.8) is 0 Å². The maximum Gasteiger partial charge on any atom is 0.488 e. The molecule has 1 aliphatic rings. The molecule has 0 aliphatic heterocycles. The predicted molar refractivity (Wildman–Crippen MR) is 79.2 cm³/mol. The van der Waals surface area contributed by atoms with E-state index in [4.69, 9.17) is 0 Å². The standard InChI is InChI=1S/C15H24BNO2/c1-12-7-3-6-10-15(12)17(2)11-13-8-4-5-9-14(13)16(18)19/h4-5,8-9,12,15,18-19H,3,6-7,10-11H2,1-2H3. The second-order valence-corrected chi connectivity index (χ2v) is 5.82. The van der Waals surface area contributed by atoms with Crippen molar-refractivity contribution >= 4 is 12.6 Å². The van der Waals surface area contributed by atoms with Crippen LogP contribution in [0.5, 0.6) is 0 Å². The van der Waals surface area contributed by atoms with Gasteiger partial charge in [0.25, 0.3) is 0 Å². The Balaban J connectivity index is 2.08. The second kappa shape index (κ2) is 6.55. The van der Waals surface area contributed by atoms with Gasteiger partial charge in [0.1, 0.15) is 0 Å². The van der Waals surface area contributed by atoms with Gasteiger partial charge in [-0.05, 0) is 36.8 Å². The Labute approximate surface area is 116 Å². The molecule has 3 nitrogen and oxygen atoms in total. The molecule has 0 radical (unpaired) electrons. The Kier molecular flexibility index (Phi) is 5.02. The fourth-order valence-corrected chi connectivity index (χ4v) is 3.27. The summed E-state index contributed by atoms with van der Waals surface area (Å²) in [6.45, 7) is 3.11. The Morgan fingerprint density at radius 2 is 1.89 bits per heavy atom. The smallest absolute Gasteiger partial charge is 0.423 e. The topological polar surface area (TPSA) is 43.7 Å². The third kappa shape index (κ3) is 3.59. The minimum Gasteiger partial charge on any atom is -0.423 e. The van der Waals surface area contributed by atoms with Crippen molar-refractivity contribution in [3.05, 3.63) is 29.8 Å². The monoisotopic (exact) mass is 261 g/mol. The van der Waals surface area contributed by atoms with Crippen molar-refractivity contribution < 1.29 is 10.0 Å². The lowest BCUT2D eigenvalue weighted by atomic mass is 9.76. The van der Waals surface area contributed by atoms with E-state index in [9.17, 15) is 10.0 Å². The number of nitrogens with zero attached hydrogens (tertiary/aromatic N) is 1. The predicted octanol–water partition coefficient (Wildman–Crippen LogP) is 1.38. The highest BCUT2D eigenvalue weighted by atomic mass is 16.4. The molecule has 2 N–H and O–H groups in total. The van der Waals surface area contributed by atoms with Crippen LogP contribution in [0.1, 0.15) is 38.2 Å². The first-order valence-corrected chi connectivity index (χ1v) is 7.23. The van der Waals surface area contributed by atoms with Crippen LogP contribution >= 0.6 is 0 Å². The highest BCUT2D eigenvalue weighted by Crippen LogP contribution is 2.28. The fraction of sp³-hybridized carbons (Fsp3) is 0.600. The Morgan fingerprint density at radius 3 is 2.58 bits per heavy atom. The lowest BCUT2D eigenvalue weighted by Gasteiger charge is -2.36. The zero-order valence-electron chi connectivity index (χ0n) is 11.9. The van der Waals surface area contributed by atoms with Gasteiger partial charge in [-0.3, -0.25) is 4.90 Å². The van der Waals surface area contributed by atoms with Crippen LogP contribution in [0.4, 0.5) is 0 Å². The van der Waals surface area contributed by atoms with Crippen molar-refractivity contribution in [2.75, 3.05) is 7.05 Å². The molecule has 4 heteroatoms. The molecule has 0 saturated heterocycles. The first kappa shape index (κ1) is 14.6. The summed E-state index contributed by atoms with van der Waals surface area (Å²) in [6, 6.07) is 8.19. The van der Waals surface area contributed by atoms with Crippen molar-refractivity contribution in [3.8, 4) is 0 Å². The van der Waals surface area contributed by atoms with Gasteiger partial charge < -0.3 is 10.0 Å². The molecule has 0 heterocycles. The van der Waals surface area contributed by atoms with Crippen molar-refractivity contribution in [2.45, 2.75) is 45.2 Å². The fourth-order valence-electron chi connectivity index (χ4n) is 3.27. The van der Waals surface area contributed by atoms with Crippen LogP contribution in [0.15, 0.2) is 24.3 Å². The average molecular weight is 261 g/mol. The summed E-state index contributed by atoms with van der Waals surface area (Å²) in [5, 5.41) is 18.8. The Morgan fingerprint density at radius 1 is 1.21 bits per heavy atom. The van der Waals surface area contributed by atoms with E-state index >= 15 is 0 Å². The lowest BCUT2D eigenvalue weighted by Crippen LogP contribution is -2.41. The molecule has 2 unspecified atom stereocenters. The van der Waals surface area contributed by atoms with E-state index in [1.54, 1.807) is 6.07 Å². The van der Waals surface area contributed by atoms with Gasteiger partial charge in [-0.25, -0.2) is 0 Å². The first-order valence-electron chi connectivity index (χ1n) is 7.23. The van der Waals surface area contributed by atoms with E-state index in [1.165, 1.54) is 25.7 Å². The molecule has 1 fully saturated rings. The summed E-state index contributed by atoms with van der Waals surface area (Å²) in [7, 11) is 0.765. The van der Waals surface area contributed by atoms with Crippen LogP contribution in [-0.4, -0.2) is 35.2 Å². The number of hydrogen-bond donors (Lipinski definition) is 2. The number of benzene rings is 1. The number of rotatable bonds is 4. The van der Waals surface area contributed by atoms with Crippen molar-refractivity contribution in [1.82, 2.24) is 4.90 Å². The summed E-state index contributed by atoms with van der Waals surface area (Å²) in [5.41, 5.74) is 1.63. The summed E-state index contributed by atoms with van der Waals surface area (Å²) >= 11 is 0. The highest BCUT2D eigenvalue weighted by Gasteiger charge is 2.26. The van der Waals surface area contributed by atoms with Crippen LogP contribution in [0.25, 0.3) is 0 Å². The molecular formula is C15H24BNO2. The summed E-state index contributed by atoms with van der Waals surface area (Å²) in [4.78, 5) is 2.37. The number of hydrogen-bond acceptors (Lipinski definition) is 3. The molecule has 1 aromatic rings. The molecule has 1 aliphatic carbocycles. The van der Waals surface area contributed by atoms with Crippen molar-refractivity contribution in [2.24, 2.45) is 5.92 Å². The molecule has 0 amide bonds. The third-order valence-electron chi connectivity index (χ3n) is 4.39. The Hall–Kier alpha value is -0.835. The SMILES string of the molecule is CC1CCCCC1N(C)Cc1ccccc1B(O)O. The minimum atomic E-state index is -1.38. The van der Waals surface area contributed by atoms with Gasteiger partial charge in [0.2, 0.25) is 0 Å². The maximum atomic E-state index is 9.42. The van der Waals surface area contributed by atoms with Crippen molar-refractivity contribution in [1.29, 1.82) is 0 Å². The molecule has 0 spiro atoms. The van der Waals surface area contributed by atoms with E-state index in [2.05, 4.69) is 18.9 Å². The van der Waals surface area contributed by atoms with E-state index in [0.29, 0.717) is 11.5 Å². The van der Waals surface area contributed by atoms with Crippen LogP contribution in [0, 0.1) is 5.92 Å². The summed E-state index contributed by atoms with van der Waals surface area (Å²) in [5.74, 6) is 0.727. The third-order valence-corrected chi connectivity index (χ3v) is 4.39. The van der Waals surface area contributed by atoms with Gasteiger partial charge >= 0.3 is 7.12 Å².